The molecule has 1 aromatic heterocycles. The van der Waals surface area contributed by atoms with Crippen LogP contribution in [0.5, 0.6) is 0 Å². The van der Waals surface area contributed by atoms with Gasteiger partial charge < -0.3 is 15.5 Å². The van der Waals surface area contributed by atoms with Crippen LogP contribution in [0.3, 0.4) is 0 Å². The lowest BCUT2D eigenvalue weighted by Crippen LogP contribution is -2.36. The summed E-state index contributed by atoms with van der Waals surface area (Å²) in [6, 6.07) is 7.71. The van der Waals surface area contributed by atoms with Crippen LogP contribution in [0.1, 0.15) is 39.7 Å². The Morgan fingerprint density at radius 1 is 1.15 bits per heavy atom. The highest BCUT2D eigenvalue weighted by Crippen LogP contribution is 2.10. The molecule has 1 heterocycles. The zero-order valence-corrected chi connectivity index (χ0v) is 19.4. The Bertz CT molecular complexity index is 741. The molecule has 27 heavy (non-hydrogen) atoms. The van der Waals surface area contributed by atoms with E-state index >= 15 is 0 Å². The second-order valence-corrected chi connectivity index (χ2v) is 7.14. The van der Waals surface area contributed by atoms with Crippen molar-refractivity contribution < 1.29 is 4.79 Å². The number of aliphatic imine (C=N–C) groups is 1. The summed E-state index contributed by atoms with van der Waals surface area (Å²) in [5.74, 6) is 0.798. The molecule has 0 aliphatic rings. The Balaban J connectivity index is 0.00000364. The van der Waals surface area contributed by atoms with Gasteiger partial charge in [-0.2, -0.15) is 0 Å². The van der Waals surface area contributed by atoms with Crippen LogP contribution in [0.25, 0.3) is 0 Å². The fourth-order valence-corrected chi connectivity index (χ4v) is 3.23. The summed E-state index contributed by atoms with van der Waals surface area (Å²) in [7, 11) is 1.74. The van der Waals surface area contributed by atoms with Gasteiger partial charge in [0.1, 0.15) is 5.01 Å². The standard InChI is InChI=1S/C19H27N5OS.HI/c1-5-24(6-2)18(25)16-9-7-15(8-10-16)12-22-19(20-4)23-13-17-21-11-14(3)26-17;/h7-11H,5-6,12-13H2,1-4H3,(H2,20,22,23);1H. The van der Waals surface area contributed by atoms with Gasteiger partial charge in [0.05, 0.1) is 6.54 Å². The Kier molecular flexibility index (Phi) is 10.3. The van der Waals surface area contributed by atoms with Gasteiger partial charge in [-0.25, -0.2) is 4.98 Å². The van der Waals surface area contributed by atoms with Gasteiger partial charge in [0.15, 0.2) is 5.96 Å². The zero-order chi connectivity index (χ0) is 18.9. The van der Waals surface area contributed by atoms with Gasteiger partial charge in [-0.3, -0.25) is 9.79 Å². The van der Waals surface area contributed by atoms with Crippen LogP contribution in [-0.2, 0) is 13.1 Å². The number of thiazole rings is 1. The van der Waals surface area contributed by atoms with Crippen molar-refractivity contribution in [2.24, 2.45) is 4.99 Å². The minimum atomic E-state index is 0. The smallest absolute Gasteiger partial charge is 0.253 e. The van der Waals surface area contributed by atoms with Crippen molar-refractivity contribution in [3.05, 3.63) is 51.5 Å². The molecule has 0 bridgehead atoms. The third-order valence-electron chi connectivity index (χ3n) is 4.01. The maximum Gasteiger partial charge on any atom is 0.253 e. The monoisotopic (exact) mass is 501 g/mol. The minimum absolute atomic E-state index is 0. The van der Waals surface area contributed by atoms with Gasteiger partial charge in [-0.05, 0) is 38.5 Å². The molecule has 148 valence electrons. The summed E-state index contributed by atoms with van der Waals surface area (Å²) in [5.41, 5.74) is 1.81. The molecule has 6 nitrogen and oxygen atoms in total. The summed E-state index contributed by atoms with van der Waals surface area (Å²) < 4.78 is 0. The molecule has 2 aromatic rings. The highest BCUT2D eigenvalue weighted by molar-refractivity contribution is 14.0. The number of carbonyl (C=O) groups is 1. The van der Waals surface area contributed by atoms with E-state index in [0.29, 0.717) is 13.1 Å². The average Bonchev–Trinajstić information content (AvgIpc) is 3.08. The molecule has 1 amide bonds. The quantitative estimate of drug-likeness (QED) is 0.347. The van der Waals surface area contributed by atoms with Gasteiger partial charge >= 0.3 is 0 Å². The normalized spacial score (nSPS) is 10.9. The number of carbonyl (C=O) groups excluding carboxylic acids is 1. The molecular formula is C19H28IN5OS. The van der Waals surface area contributed by atoms with Crippen LogP contribution in [0, 0.1) is 6.92 Å². The average molecular weight is 501 g/mol. The van der Waals surface area contributed by atoms with E-state index in [1.165, 1.54) is 4.88 Å². The summed E-state index contributed by atoms with van der Waals surface area (Å²) >= 11 is 1.67. The third kappa shape index (κ3) is 7.10. The number of rotatable bonds is 7. The fraction of sp³-hybridized carbons (Fsp3) is 0.421. The molecule has 0 fully saturated rings. The Morgan fingerprint density at radius 2 is 1.78 bits per heavy atom. The molecule has 0 unspecified atom stereocenters. The molecule has 0 atom stereocenters. The Morgan fingerprint density at radius 3 is 2.30 bits per heavy atom. The van der Waals surface area contributed by atoms with E-state index in [1.807, 2.05) is 56.1 Å². The number of benzene rings is 1. The number of aromatic nitrogens is 1. The molecule has 2 rings (SSSR count). The lowest BCUT2D eigenvalue weighted by Gasteiger charge is -2.18. The van der Waals surface area contributed by atoms with Crippen molar-refractivity contribution in [3.8, 4) is 0 Å². The van der Waals surface area contributed by atoms with Gasteiger partial charge in [-0.1, -0.05) is 12.1 Å². The van der Waals surface area contributed by atoms with Crippen LogP contribution >= 0.6 is 35.3 Å². The maximum absolute atomic E-state index is 12.3. The largest absolute Gasteiger partial charge is 0.352 e. The van der Waals surface area contributed by atoms with Crippen LogP contribution in [0.4, 0.5) is 0 Å². The van der Waals surface area contributed by atoms with Crippen molar-refractivity contribution in [2.75, 3.05) is 20.1 Å². The van der Waals surface area contributed by atoms with Crippen LogP contribution in [-0.4, -0.2) is 41.9 Å². The zero-order valence-electron chi connectivity index (χ0n) is 16.3. The van der Waals surface area contributed by atoms with Crippen molar-refractivity contribution >= 4 is 47.2 Å². The fourth-order valence-electron chi connectivity index (χ4n) is 2.51. The van der Waals surface area contributed by atoms with Gasteiger partial charge in [0, 0.05) is 43.3 Å². The molecule has 0 spiro atoms. The van der Waals surface area contributed by atoms with Crippen LogP contribution < -0.4 is 10.6 Å². The second kappa shape index (κ2) is 11.9. The second-order valence-electron chi connectivity index (χ2n) is 5.82. The van der Waals surface area contributed by atoms with E-state index in [-0.39, 0.29) is 29.9 Å². The molecule has 2 N–H and O–H groups in total. The Labute approximate surface area is 182 Å². The first-order valence-corrected chi connectivity index (χ1v) is 9.63. The number of aryl methyl sites for hydroxylation is 1. The van der Waals surface area contributed by atoms with Crippen molar-refractivity contribution in [2.45, 2.75) is 33.9 Å². The topological polar surface area (TPSA) is 69.6 Å². The van der Waals surface area contributed by atoms with Crippen molar-refractivity contribution in [1.82, 2.24) is 20.5 Å². The lowest BCUT2D eigenvalue weighted by atomic mass is 10.1. The van der Waals surface area contributed by atoms with E-state index in [2.05, 4.69) is 20.6 Å². The molecule has 1 aromatic carbocycles. The van der Waals surface area contributed by atoms with Crippen molar-refractivity contribution in [3.63, 3.8) is 0 Å². The maximum atomic E-state index is 12.3. The van der Waals surface area contributed by atoms with E-state index in [4.69, 9.17) is 0 Å². The number of hydrogen-bond donors (Lipinski definition) is 2. The first kappa shape index (κ1) is 23.4. The summed E-state index contributed by atoms with van der Waals surface area (Å²) in [4.78, 5) is 23.9. The summed E-state index contributed by atoms with van der Waals surface area (Å²) in [6.07, 6.45) is 1.87. The summed E-state index contributed by atoms with van der Waals surface area (Å²) in [5, 5.41) is 7.56. The first-order valence-electron chi connectivity index (χ1n) is 8.81. The minimum Gasteiger partial charge on any atom is -0.352 e. The predicted molar refractivity (Wildman–Crippen MR) is 123 cm³/mol. The van der Waals surface area contributed by atoms with Gasteiger partial charge in [0.2, 0.25) is 0 Å². The SMILES string of the molecule is CCN(CC)C(=O)c1ccc(CNC(=NC)NCc2ncc(C)s2)cc1.I. The first-order chi connectivity index (χ1) is 12.6. The van der Waals surface area contributed by atoms with Crippen LogP contribution in [0.2, 0.25) is 0 Å². The number of nitrogens with zero attached hydrogens (tertiary/aromatic N) is 3. The molecule has 0 radical (unpaired) electrons. The molecule has 0 saturated heterocycles. The Hall–Kier alpha value is -1.68. The van der Waals surface area contributed by atoms with Gasteiger partial charge in [0.25, 0.3) is 5.91 Å². The highest BCUT2D eigenvalue weighted by atomic mass is 127. The molecule has 8 heteroatoms. The summed E-state index contributed by atoms with van der Waals surface area (Å²) in [6.45, 7) is 8.75. The number of halogens is 1. The molecule has 0 saturated carbocycles. The molecule has 0 aliphatic carbocycles. The van der Waals surface area contributed by atoms with E-state index in [9.17, 15) is 4.79 Å². The molecule has 0 aliphatic heterocycles. The lowest BCUT2D eigenvalue weighted by molar-refractivity contribution is 0.0773. The van der Waals surface area contributed by atoms with Crippen LogP contribution in [0.15, 0.2) is 35.5 Å². The van der Waals surface area contributed by atoms with E-state index in [0.717, 1.165) is 35.2 Å². The van der Waals surface area contributed by atoms with E-state index < -0.39 is 0 Å². The number of amides is 1. The van der Waals surface area contributed by atoms with Crippen molar-refractivity contribution in [1.29, 1.82) is 0 Å². The number of guanidine groups is 1. The highest BCUT2D eigenvalue weighted by Gasteiger charge is 2.11. The number of nitrogens with one attached hydrogen (secondary N) is 2. The van der Waals surface area contributed by atoms with E-state index in [1.54, 1.807) is 18.4 Å². The third-order valence-corrected chi connectivity index (χ3v) is 4.92. The number of hydrogen-bond acceptors (Lipinski definition) is 4. The predicted octanol–water partition coefficient (Wildman–Crippen LogP) is 3.42. The molecular weight excluding hydrogens is 473 g/mol. The van der Waals surface area contributed by atoms with Gasteiger partial charge in [-0.15, -0.1) is 35.3 Å².